The van der Waals surface area contributed by atoms with Crippen molar-refractivity contribution in [1.29, 1.82) is 0 Å². The molecule has 0 saturated carbocycles. The molecule has 1 aromatic carbocycles. The molecular formula is C23H22F3N5O2S. The van der Waals surface area contributed by atoms with Crippen molar-refractivity contribution >= 4 is 34.0 Å². The molecule has 11 heteroatoms. The summed E-state index contributed by atoms with van der Waals surface area (Å²) in [6.07, 6.45) is -0.259. The molecule has 2 aliphatic rings. The lowest BCUT2D eigenvalue weighted by Gasteiger charge is -2.34. The van der Waals surface area contributed by atoms with Gasteiger partial charge in [0, 0.05) is 11.3 Å². The Hall–Kier alpha value is -3.34. The molecule has 0 spiro atoms. The SMILES string of the molecule is NC(=O)c1c(NC(=O)c2cnn3c2N[C@@H](c2ccccc2)C[C@H]3C(F)(F)F)sc2c1CCCC2. The van der Waals surface area contributed by atoms with Crippen molar-refractivity contribution in [2.45, 2.75) is 50.4 Å². The molecular weight excluding hydrogens is 467 g/mol. The molecule has 2 amide bonds. The Morgan fingerprint density at radius 3 is 2.62 bits per heavy atom. The van der Waals surface area contributed by atoms with E-state index in [-0.39, 0.29) is 23.4 Å². The van der Waals surface area contributed by atoms with Gasteiger partial charge < -0.3 is 16.4 Å². The van der Waals surface area contributed by atoms with Crippen molar-refractivity contribution in [3.8, 4) is 0 Å². The van der Waals surface area contributed by atoms with E-state index in [0.717, 1.165) is 40.6 Å². The minimum absolute atomic E-state index is 0.0122. The minimum Gasteiger partial charge on any atom is -0.365 e. The maximum Gasteiger partial charge on any atom is 0.410 e. The molecule has 0 fully saturated rings. The lowest BCUT2D eigenvalue weighted by Crippen LogP contribution is -2.36. The fourth-order valence-corrected chi connectivity index (χ4v) is 6.01. The number of rotatable bonds is 4. The van der Waals surface area contributed by atoms with Crippen molar-refractivity contribution in [1.82, 2.24) is 9.78 Å². The minimum atomic E-state index is -4.55. The summed E-state index contributed by atoms with van der Waals surface area (Å²) in [6.45, 7) is 0. The summed E-state index contributed by atoms with van der Waals surface area (Å²) < 4.78 is 42.5. The molecule has 0 saturated heterocycles. The number of nitrogens with zero attached hydrogens (tertiary/aromatic N) is 2. The van der Waals surface area contributed by atoms with E-state index in [1.165, 1.54) is 11.3 Å². The van der Waals surface area contributed by atoms with Gasteiger partial charge in [0.2, 0.25) is 0 Å². The van der Waals surface area contributed by atoms with Crippen LogP contribution in [0, 0.1) is 0 Å². The van der Waals surface area contributed by atoms with E-state index in [4.69, 9.17) is 5.73 Å². The van der Waals surface area contributed by atoms with Crippen molar-refractivity contribution in [2.24, 2.45) is 5.73 Å². The van der Waals surface area contributed by atoms with Crippen LogP contribution in [0.15, 0.2) is 36.5 Å². The third-order valence-corrected chi connectivity index (χ3v) is 7.54. The van der Waals surface area contributed by atoms with Crippen LogP contribution in [0.1, 0.15) is 68.1 Å². The standard InChI is InChI=1S/C23H22F3N5O2S/c24-23(25,26)17-10-15(12-6-2-1-3-7-12)29-20-14(11-28-31(17)20)21(33)30-22-18(19(27)32)13-8-4-5-9-16(13)34-22/h1-3,6-7,11,15,17,29H,4-5,8-10H2,(H2,27,32)(H,30,33)/t15-,17+/m1/s1. The van der Waals surface area contributed by atoms with Crippen LogP contribution >= 0.6 is 11.3 Å². The number of benzene rings is 1. The molecule has 3 aromatic rings. The maximum absolute atomic E-state index is 13.9. The zero-order valence-corrected chi connectivity index (χ0v) is 18.8. The van der Waals surface area contributed by atoms with Crippen LogP contribution in [-0.2, 0) is 12.8 Å². The highest BCUT2D eigenvalue weighted by Gasteiger charge is 2.47. The number of halogens is 3. The van der Waals surface area contributed by atoms with Crippen LogP contribution in [-0.4, -0.2) is 27.8 Å². The number of nitrogens with one attached hydrogen (secondary N) is 2. The number of carbonyl (C=O) groups is 2. The second kappa shape index (κ2) is 8.46. The Labute approximate surface area is 197 Å². The Balaban J connectivity index is 1.50. The monoisotopic (exact) mass is 489 g/mol. The summed E-state index contributed by atoms with van der Waals surface area (Å²) in [7, 11) is 0. The van der Waals surface area contributed by atoms with Crippen molar-refractivity contribution in [3.63, 3.8) is 0 Å². The quantitative estimate of drug-likeness (QED) is 0.488. The highest BCUT2D eigenvalue weighted by molar-refractivity contribution is 7.17. The first-order valence-electron chi connectivity index (χ1n) is 11.0. The Bertz CT molecular complexity index is 1250. The summed E-state index contributed by atoms with van der Waals surface area (Å²) in [5.74, 6) is -1.29. The van der Waals surface area contributed by atoms with E-state index in [1.54, 1.807) is 30.3 Å². The predicted molar refractivity (Wildman–Crippen MR) is 122 cm³/mol. The van der Waals surface area contributed by atoms with Gasteiger partial charge in [0.1, 0.15) is 16.4 Å². The molecule has 0 bridgehead atoms. The third-order valence-electron chi connectivity index (χ3n) is 6.33. The molecule has 5 rings (SSSR count). The first kappa shape index (κ1) is 22.5. The number of aromatic nitrogens is 2. The summed E-state index contributed by atoms with van der Waals surface area (Å²) in [4.78, 5) is 26.3. The predicted octanol–water partition coefficient (Wildman–Crippen LogP) is 4.83. The molecule has 2 atom stereocenters. The molecule has 0 radical (unpaired) electrons. The van der Waals surface area contributed by atoms with Crippen LogP contribution in [0.2, 0.25) is 0 Å². The van der Waals surface area contributed by atoms with Gasteiger partial charge in [0.15, 0.2) is 6.04 Å². The lowest BCUT2D eigenvalue weighted by atomic mass is 9.95. The third kappa shape index (κ3) is 3.93. The van der Waals surface area contributed by atoms with Gasteiger partial charge in [-0.3, -0.25) is 9.59 Å². The van der Waals surface area contributed by atoms with Gasteiger partial charge in [0.05, 0.1) is 17.8 Å². The Morgan fingerprint density at radius 2 is 1.91 bits per heavy atom. The van der Waals surface area contributed by atoms with Gasteiger partial charge in [-0.25, -0.2) is 4.68 Å². The van der Waals surface area contributed by atoms with Gasteiger partial charge in [-0.2, -0.15) is 18.3 Å². The number of hydrogen-bond acceptors (Lipinski definition) is 5. The van der Waals surface area contributed by atoms with Crippen LogP contribution in [0.5, 0.6) is 0 Å². The number of alkyl halides is 3. The van der Waals surface area contributed by atoms with E-state index >= 15 is 0 Å². The molecule has 4 N–H and O–H groups in total. The van der Waals surface area contributed by atoms with Crippen molar-refractivity contribution < 1.29 is 22.8 Å². The van der Waals surface area contributed by atoms with Gasteiger partial charge in [-0.15, -0.1) is 11.3 Å². The van der Waals surface area contributed by atoms with Crippen molar-refractivity contribution in [3.05, 3.63) is 63.7 Å². The fraction of sp³-hybridized carbons (Fsp3) is 0.348. The lowest BCUT2D eigenvalue weighted by molar-refractivity contribution is -0.173. The van der Waals surface area contributed by atoms with Crippen LogP contribution in [0.3, 0.4) is 0 Å². The van der Waals surface area contributed by atoms with Crippen molar-refractivity contribution in [2.75, 3.05) is 10.6 Å². The summed E-state index contributed by atoms with van der Waals surface area (Å²) in [5, 5.41) is 10.0. The van der Waals surface area contributed by atoms with Crippen LogP contribution in [0.4, 0.5) is 24.0 Å². The Morgan fingerprint density at radius 1 is 1.18 bits per heavy atom. The summed E-state index contributed by atoms with van der Waals surface area (Å²) >= 11 is 1.30. The largest absolute Gasteiger partial charge is 0.410 e. The topological polar surface area (TPSA) is 102 Å². The van der Waals surface area contributed by atoms with E-state index in [9.17, 15) is 22.8 Å². The second-order valence-electron chi connectivity index (χ2n) is 8.49. The first-order valence-corrected chi connectivity index (χ1v) is 11.8. The number of carbonyl (C=O) groups excluding carboxylic acids is 2. The average molecular weight is 490 g/mol. The molecule has 3 heterocycles. The molecule has 1 aliphatic carbocycles. The summed E-state index contributed by atoms with van der Waals surface area (Å²) in [5.41, 5.74) is 7.39. The van der Waals surface area contributed by atoms with E-state index in [0.29, 0.717) is 17.0 Å². The number of hydrogen-bond donors (Lipinski definition) is 3. The van der Waals surface area contributed by atoms with Crippen LogP contribution in [0.25, 0.3) is 0 Å². The van der Waals surface area contributed by atoms with Gasteiger partial charge in [-0.1, -0.05) is 30.3 Å². The van der Waals surface area contributed by atoms with E-state index in [2.05, 4.69) is 15.7 Å². The highest BCUT2D eigenvalue weighted by atomic mass is 32.1. The number of anilines is 2. The molecule has 178 valence electrons. The highest BCUT2D eigenvalue weighted by Crippen LogP contribution is 2.45. The molecule has 0 unspecified atom stereocenters. The number of primary amides is 1. The van der Waals surface area contributed by atoms with E-state index < -0.39 is 30.1 Å². The number of amides is 2. The number of aryl methyl sites for hydroxylation is 1. The Kier molecular flexibility index (Phi) is 5.59. The molecule has 2 aromatic heterocycles. The zero-order valence-electron chi connectivity index (χ0n) is 18.0. The smallest absolute Gasteiger partial charge is 0.365 e. The number of nitrogens with two attached hydrogens (primary N) is 1. The molecule has 1 aliphatic heterocycles. The maximum atomic E-state index is 13.9. The molecule has 7 nitrogen and oxygen atoms in total. The van der Waals surface area contributed by atoms with Gasteiger partial charge in [-0.05, 0) is 36.8 Å². The summed E-state index contributed by atoms with van der Waals surface area (Å²) in [6, 6.07) is 6.24. The zero-order chi connectivity index (χ0) is 24.0. The average Bonchev–Trinajstić information content (AvgIpc) is 3.39. The van der Waals surface area contributed by atoms with Crippen LogP contribution < -0.4 is 16.4 Å². The van der Waals surface area contributed by atoms with E-state index in [1.807, 2.05) is 0 Å². The fourth-order valence-electron chi connectivity index (χ4n) is 4.72. The normalized spacial score (nSPS) is 19.6. The van der Waals surface area contributed by atoms with Gasteiger partial charge in [0.25, 0.3) is 11.8 Å². The number of thiophene rings is 1. The first-order chi connectivity index (χ1) is 16.2. The number of fused-ring (bicyclic) bond motifs is 2. The molecule has 34 heavy (non-hydrogen) atoms. The van der Waals surface area contributed by atoms with Gasteiger partial charge >= 0.3 is 6.18 Å². The second-order valence-corrected chi connectivity index (χ2v) is 9.59.